The molecule has 0 radical (unpaired) electrons. The van der Waals surface area contributed by atoms with Crippen LogP contribution in [0, 0.1) is 6.92 Å². The van der Waals surface area contributed by atoms with Crippen LogP contribution in [0.15, 0.2) is 72.8 Å². The largest absolute Gasteiger partial charge is 0.497 e. The van der Waals surface area contributed by atoms with Crippen LogP contribution in [0.25, 0.3) is 10.8 Å². The van der Waals surface area contributed by atoms with E-state index < -0.39 is 0 Å². The van der Waals surface area contributed by atoms with E-state index in [1.54, 1.807) is 7.11 Å². The van der Waals surface area contributed by atoms with Crippen LogP contribution in [0.5, 0.6) is 5.75 Å². The van der Waals surface area contributed by atoms with Gasteiger partial charge in [-0.25, -0.2) is 0 Å². The molecule has 19 heavy (non-hydrogen) atoms. The lowest BCUT2D eigenvalue weighted by molar-refractivity contribution is 0.415. The van der Waals surface area contributed by atoms with Crippen LogP contribution in [0.2, 0.25) is 0 Å². The molecule has 0 aliphatic carbocycles. The van der Waals surface area contributed by atoms with Crippen LogP contribution in [-0.4, -0.2) is 7.11 Å². The van der Waals surface area contributed by atoms with E-state index in [0.29, 0.717) is 0 Å². The van der Waals surface area contributed by atoms with Crippen LogP contribution in [-0.2, 0) is 0 Å². The first kappa shape index (κ1) is 13.2. The summed E-state index contributed by atoms with van der Waals surface area (Å²) in [5, 5.41) is 2.64. The summed E-state index contributed by atoms with van der Waals surface area (Å²) < 4.78 is 4.91. The Hall–Kier alpha value is -2.28. The summed E-state index contributed by atoms with van der Waals surface area (Å²) in [5.41, 5.74) is 1.32. The number of benzene rings is 3. The molecule has 1 heteroatoms. The average Bonchev–Trinajstić information content (AvgIpc) is 2.48. The first-order chi connectivity index (χ1) is 9.29. The van der Waals surface area contributed by atoms with Crippen molar-refractivity contribution in [1.82, 2.24) is 0 Å². The Labute approximate surface area is 114 Å². The van der Waals surface area contributed by atoms with Gasteiger partial charge in [0.25, 0.3) is 0 Å². The van der Waals surface area contributed by atoms with Crippen molar-refractivity contribution >= 4 is 10.8 Å². The van der Waals surface area contributed by atoms with E-state index in [4.69, 9.17) is 4.74 Å². The summed E-state index contributed by atoms with van der Waals surface area (Å²) in [5.74, 6) is 0.910. The van der Waals surface area contributed by atoms with Crippen LogP contribution in [0.3, 0.4) is 0 Å². The lowest BCUT2D eigenvalue weighted by Crippen LogP contribution is -1.78. The quantitative estimate of drug-likeness (QED) is 0.600. The number of aryl methyl sites for hydroxylation is 1. The van der Waals surface area contributed by atoms with Gasteiger partial charge < -0.3 is 4.74 Å². The molecule has 0 heterocycles. The number of hydrogen-bond acceptors (Lipinski definition) is 1. The smallest absolute Gasteiger partial charge is 0.118 e. The number of methoxy groups -OCH3 is 1. The van der Waals surface area contributed by atoms with Gasteiger partial charge in [0, 0.05) is 0 Å². The van der Waals surface area contributed by atoms with E-state index in [9.17, 15) is 0 Å². The third-order valence-electron chi connectivity index (χ3n) is 2.88. The van der Waals surface area contributed by atoms with Crippen LogP contribution in [0.1, 0.15) is 5.56 Å². The highest BCUT2D eigenvalue weighted by molar-refractivity contribution is 5.82. The first-order valence-electron chi connectivity index (χ1n) is 6.34. The minimum Gasteiger partial charge on any atom is -0.497 e. The van der Waals surface area contributed by atoms with Crippen molar-refractivity contribution in [2.75, 3.05) is 7.11 Å². The van der Waals surface area contributed by atoms with Crippen molar-refractivity contribution < 1.29 is 4.74 Å². The van der Waals surface area contributed by atoms with Crippen molar-refractivity contribution in [3.8, 4) is 5.75 Å². The van der Waals surface area contributed by atoms with Crippen LogP contribution in [0.4, 0.5) is 0 Å². The zero-order valence-corrected chi connectivity index (χ0v) is 11.3. The molecule has 0 saturated carbocycles. The molecule has 3 rings (SSSR count). The predicted octanol–water partition coefficient (Wildman–Crippen LogP) is 4.84. The number of ether oxygens (including phenoxy) is 1. The maximum atomic E-state index is 4.91. The monoisotopic (exact) mass is 250 g/mol. The second-order valence-corrected chi connectivity index (χ2v) is 4.37. The van der Waals surface area contributed by atoms with E-state index in [1.807, 2.05) is 30.3 Å². The van der Waals surface area contributed by atoms with Crippen LogP contribution < -0.4 is 4.74 Å². The number of para-hydroxylation sites is 1. The third kappa shape index (κ3) is 3.85. The van der Waals surface area contributed by atoms with Crippen molar-refractivity contribution in [2.24, 2.45) is 0 Å². The van der Waals surface area contributed by atoms with Crippen molar-refractivity contribution in [1.29, 1.82) is 0 Å². The minimum atomic E-state index is 0.910. The maximum Gasteiger partial charge on any atom is 0.118 e. The van der Waals surface area contributed by atoms with E-state index in [-0.39, 0.29) is 0 Å². The molecule has 3 aromatic rings. The molecule has 96 valence electrons. The maximum absolute atomic E-state index is 4.91. The van der Waals surface area contributed by atoms with Gasteiger partial charge in [-0.3, -0.25) is 0 Å². The van der Waals surface area contributed by atoms with Gasteiger partial charge in [0.1, 0.15) is 5.75 Å². The molecule has 0 amide bonds. The van der Waals surface area contributed by atoms with E-state index in [0.717, 1.165) is 5.75 Å². The lowest BCUT2D eigenvalue weighted by atomic mass is 10.1. The fraction of sp³-hybridized carbons (Fsp3) is 0.111. The van der Waals surface area contributed by atoms with Gasteiger partial charge in [0.15, 0.2) is 0 Å². The fourth-order valence-corrected chi connectivity index (χ4v) is 1.87. The molecule has 0 unspecified atom stereocenters. The predicted molar refractivity (Wildman–Crippen MR) is 81.7 cm³/mol. The Bertz CT molecular complexity index is 629. The average molecular weight is 250 g/mol. The Balaban J connectivity index is 0.000000148. The third-order valence-corrected chi connectivity index (χ3v) is 2.88. The zero-order chi connectivity index (χ0) is 13.5. The van der Waals surface area contributed by atoms with Gasteiger partial charge in [0.2, 0.25) is 0 Å². The van der Waals surface area contributed by atoms with Crippen molar-refractivity contribution in [2.45, 2.75) is 6.92 Å². The molecule has 3 aromatic carbocycles. The molecule has 0 atom stereocenters. The molecular formula is C18H18O. The summed E-state index contributed by atoms with van der Waals surface area (Å²) in [7, 11) is 1.66. The zero-order valence-electron chi connectivity index (χ0n) is 11.3. The molecule has 0 aliphatic heterocycles. The van der Waals surface area contributed by atoms with Gasteiger partial charge >= 0.3 is 0 Å². The SMILES string of the molecule is COc1ccccc1.Cc1ccc2ccccc2c1. The molecule has 1 nitrogen and oxygen atoms in total. The lowest BCUT2D eigenvalue weighted by Gasteiger charge is -1.96. The highest BCUT2D eigenvalue weighted by Crippen LogP contribution is 2.14. The Morgan fingerprint density at radius 1 is 0.684 bits per heavy atom. The highest BCUT2D eigenvalue weighted by Gasteiger charge is 1.89. The van der Waals surface area contributed by atoms with Gasteiger partial charge in [-0.1, -0.05) is 66.2 Å². The Morgan fingerprint density at radius 2 is 1.32 bits per heavy atom. The molecule has 0 aromatic heterocycles. The molecule has 0 bridgehead atoms. The first-order valence-corrected chi connectivity index (χ1v) is 6.34. The second-order valence-electron chi connectivity index (χ2n) is 4.37. The Kier molecular flexibility index (Phi) is 4.57. The molecule has 0 spiro atoms. The van der Waals surface area contributed by atoms with Gasteiger partial charge in [-0.15, -0.1) is 0 Å². The number of hydrogen-bond donors (Lipinski definition) is 0. The van der Waals surface area contributed by atoms with Gasteiger partial charge in [0.05, 0.1) is 7.11 Å². The summed E-state index contributed by atoms with van der Waals surface area (Å²) >= 11 is 0. The standard InChI is InChI=1S/C11H10.C7H8O/c1-9-6-7-10-4-2-3-5-11(10)8-9;1-8-7-5-3-2-4-6-7/h2-8H,1H3;2-6H,1H3. The summed E-state index contributed by atoms with van der Waals surface area (Å²) in [6, 6.07) is 24.6. The molecular weight excluding hydrogens is 232 g/mol. The van der Waals surface area contributed by atoms with Crippen LogP contribution >= 0.6 is 0 Å². The number of rotatable bonds is 1. The van der Waals surface area contributed by atoms with Crippen molar-refractivity contribution in [3.63, 3.8) is 0 Å². The summed E-state index contributed by atoms with van der Waals surface area (Å²) in [4.78, 5) is 0. The molecule has 0 fully saturated rings. The summed E-state index contributed by atoms with van der Waals surface area (Å²) in [6.45, 7) is 2.12. The topological polar surface area (TPSA) is 9.23 Å². The fourth-order valence-electron chi connectivity index (χ4n) is 1.87. The normalized spacial score (nSPS) is 9.58. The molecule has 0 saturated heterocycles. The minimum absolute atomic E-state index is 0.910. The van der Waals surface area contributed by atoms with Gasteiger partial charge in [-0.05, 0) is 29.8 Å². The second kappa shape index (κ2) is 6.60. The van der Waals surface area contributed by atoms with Crippen molar-refractivity contribution in [3.05, 3.63) is 78.4 Å². The Morgan fingerprint density at radius 3 is 1.95 bits per heavy atom. The summed E-state index contributed by atoms with van der Waals surface area (Å²) in [6.07, 6.45) is 0. The van der Waals surface area contributed by atoms with Gasteiger partial charge in [-0.2, -0.15) is 0 Å². The molecule has 0 N–H and O–H groups in total. The number of fused-ring (bicyclic) bond motifs is 1. The van der Waals surface area contributed by atoms with E-state index in [1.165, 1.54) is 16.3 Å². The van der Waals surface area contributed by atoms with E-state index in [2.05, 4.69) is 49.4 Å². The molecule has 0 aliphatic rings. The highest BCUT2D eigenvalue weighted by atomic mass is 16.5. The van der Waals surface area contributed by atoms with E-state index >= 15 is 0 Å².